The molecule has 3 heterocycles. The summed E-state index contributed by atoms with van der Waals surface area (Å²) in [7, 11) is 0. The molecule has 0 saturated carbocycles. The molecule has 2 aromatic heterocycles. The number of piperidine rings is 1. The summed E-state index contributed by atoms with van der Waals surface area (Å²) in [5, 5.41) is 11.1. The first kappa shape index (κ1) is 19.0. The van der Waals surface area contributed by atoms with E-state index in [1.54, 1.807) is 35.6 Å². The molecule has 144 valence electrons. The van der Waals surface area contributed by atoms with Gasteiger partial charge in [0.25, 0.3) is 5.91 Å². The maximum Gasteiger partial charge on any atom is 0.272 e. The minimum absolute atomic E-state index is 0.0514. The highest BCUT2D eigenvalue weighted by atomic mass is 16.2. The van der Waals surface area contributed by atoms with Crippen molar-refractivity contribution in [3.05, 3.63) is 42.2 Å². The molecular weight excluding hydrogens is 344 g/mol. The second-order valence-corrected chi connectivity index (χ2v) is 7.07. The van der Waals surface area contributed by atoms with E-state index in [9.17, 15) is 9.59 Å². The van der Waals surface area contributed by atoms with Gasteiger partial charge in [-0.05, 0) is 38.8 Å². The number of carbonyl (C=O) groups is 2. The summed E-state index contributed by atoms with van der Waals surface area (Å²) in [5.74, 6) is 0.805. The molecule has 0 atom stereocenters. The van der Waals surface area contributed by atoms with Gasteiger partial charge in [-0.15, -0.1) is 10.2 Å². The van der Waals surface area contributed by atoms with E-state index in [4.69, 9.17) is 0 Å². The first-order valence-corrected chi connectivity index (χ1v) is 9.42. The van der Waals surface area contributed by atoms with E-state index < -0.39 is 0 Å². The number of hydrogen-bond acceptors (Lipinski definition) is 5. The molecule has 2 amide bonds. The van der Waals surface area contributed by atoms with Crippen molar-refractivity contribution in [3.63, 3.8) is 0 Å². The van der Waals surface area contributed by atoms with Crippen molar-refractivity contribution in [1.29, 1.82) is 0 Å². The minimum Gasteiger partial charge on any atom is -0.355 e. The molecule has 1 aliphatic rings. The summed E-state index contributed by atoms with van der Waals surface area (Å²) in [5.41, 5.74) is 0.453. The molecule has 0 aliphatic carbocycles. The van der Waals surface area contributed by atoms with Crippen LogP contribution < -0.4 is 5.32 Å². The first-order chi connectivity index (χ1) is 13.1. The maximum atomic E-state index is 12.4. The fourth-order valence-corrected chi connectivity index (χ4v) is 3.31. The van der Waals surface area contributed by atoms with Crippen LogP contribution in [-0.4, -0.2) is 56.1 Å². The van der Waals surface area contributed by atoms with E-state index in [2.05, 4.69) is 34.3 Å². The zero-order chi connectivity index (χ0) is 19.2. The first-order valence-electron chi connectivity index (χ1n) is 9.42. The second-order valence-electron chi connectivity index (χ2n) is 7.07. The molecule has 8 nitrogen and oxygen atoms in total. The summed E-state index contributed by atoms with van der Waals surface area (Å²) in [4.78, 5) is 30.7. The minimum atomic E-state index is -0.0671. The van der Waals surface area contributed by atoms with Gasteiger partial charge in [-0.1, -0.05) is 6.07 Å². The molecule has 1 N–H and O–H groups in total. The molecule has 1 aliphatic heterocycles. The Bertz CT molecular complexity index is 766. The van der Waals surface area contributed by atoms with Crippen LogP contribution in [0.4, 0.5) is 0 Å². The molecule has 27 heavy (non-hydrogen) atoms. The Balaban J connectivity index is 1.43. The highest BCUT2D eigenvalue weighted by Crippen LogP contribution is 2.19. The van der Waals surface area contributed by atoms with Crippen LogP contribution in [0.3, 0.4) is 0 Å². The lowest BCUT2D eigenvalue weighted by Crippen LogP contribution is -2.43. The van der Waals surface area contributed by atoms with Crippen LogP contribution in [0.5, 0.6) is 0 Å². The standard InChI is InChI=1S/C19H26N6O2/c1-14(2)25-13-22-23-17(25)6-10-21-18(26)15-7-11-24(12-8-15)19(27)16-5-3-4-9-20-16/h3-5,9,13-15H,6-8,10-12H2,1-2H3,(H,21,26). The van der Waals surface area contributed by atoms with Gasteiger partial charge in [0, 0.05) is 44.2 Å². The number of carbonyl (C=O) groups excluding carboxylic acids is 2. The van der Waals surface area contributed by atoms with Gasteiger partial charge < -0.3 is 14.8 Å². The van der Waals surface area contributed by atoms with E-state index in [-0.39, 0.29) is 17.7 Å². The van der Waals surface area contributed by atoms with Crippen LogP contribution in [0.15, 0.2) is 30.7 Å². The predicted octanol–water partition coefficient (Wildman–Crippen LogP) is 1.47. The number of aromatic nitrogens is 4. The summed E-state index contributed by atoms with van der Waals surface area (Å²) < 4.78 is 2.01. The van der Waals surface area contributed by atoms with Crippen molar-refractivity contribution in [2.75, 3.05) is 19.6 Å². The Morgan fingerprint density at radius 1 is 1.26 bits per heavy atom. The van der Waals surface area contributed by atoms with Gasteiger partial charge in [0.2, 0.25) is 5.91 Å². The van der Waals surface area contributed by atoms with Crippen LogP contribution in [0.2, 0.25) is 0 Å². The molecule has 0 radical (unpaired) electrons. The van der Waals surface area contributed by atoms with E-state index in [1.165, 1.54) is 0 Å². The van der Waals surface area contributed by atoms with Gasteiger partial charge in [0.1, 0.15) is 17.8 Å². The van der Waals surface area contributed by atoms with Gasteiger partial charge in [-0.3, -0.25) is 14.6 Å². The van der Waals surface area contributed by atoms with E-state index in [1.807, 2.05) is 4.57 Å². The van der Waals surface area contributed by atoms with Gasteiger partial charge in [-0.25, -0.2) is 0 Å². The summed E-state index contributed by atoms with van der Waals surface area (Å²) >= 11 is 0. The number of hydrogen-bond donors (Lipinski definition) is 1. The van der Waals surface area contributed by atoms with Gasteiger partial charge in [0.05, 0.1) is 0 Å². The van der Waals surface area contributed by atoms with E-state index in [0.29, 0.717) is 50.6 Å². The average Bonchev–Trinajstić information content (AvgIpc) is 3.17. The second kappa shape index (κ2) is 8.75. The van der Waals surface area contributed by atoms with E-state index in [0.717, 1.165) is 5.82 Å². The SMILES string of the molecule is CC(C)n1cnnc1CCNC(=O)C1CCN(C(=O)c2ccccn2)CC1. The number of likely N-dealkylation sites (tertiary alicyclic amines) is 1. The quantitative estimate of drug-likeness (QED) is 0.831. The maximum absolute atomic E-state index is 12.4. The van der Waals surface area contributed by atoms with Gasteiger partial charge in [-0.2, -0.15) is 0 Å². The number of nitrogens with zero attached hydrogens (tertiary/aromatic N) is 5. The molecule has 0 aromatic carbocycles. The molecule has 8 heteroatoms. The molecule has 0 spiro atoms. The summed E-state index contributed by atoms with van der Waals surface area (Å²) in [6.45, 7) is 5.85. The molecule has 1 saturated heterocycles. The Hall–Kier alpha value is -2.77. The number of nitrogens with one attached hydrogen (secondary N) is 1. The zero-order valence-corrected chi connectivity index (χ0v) is 15.8. The lowest BCUT2D eigenvalue weighted by molar-refractivity contribution is -0.126. The van der Waals surface area contributed by atoms with E-state index >= 15 is 0 Å². The topological polar surface area (TPSA) is 93.0 Å². The largest absolute Gasteiger partial charge is 0.355 e. The van der Waals surface area contributed by atoms with Gasteiger partial charge in [0.15, 0.2) is 0 Å². The molecule has 1 fully saturated rings. The van der Waals surface area contributed by atoms with Crippen molar-refractivity contribution in [2.45, 2.75) is 39.2 Å². The lowest BCUT2D eigenvalue weighted by Gasteiger charge is -2.31. The van der Waals surface area contributed by atoms with Crippen LogP contribution in [0, 0.1) is 5.92 Å². The number of pyridine rings is 1. The molecule has 0 bridgehead atoms. The summed E-state index contributed by atoms with van der Waals surface area (Å²) in [6, 6.07) is 5.61. The molecular formula is C19H26N6O2. The normalized spacial score (nSPS) is 15.1. The molecule has 3 rings (SSSR count). The van der Waals surface area contributed by atoms with Crippen LogP contribution in [0.1, 0.15) is 49.0 Å². The molecule has 0 unspecified atom stereocenters. The van der Waals surface area contributed by atoms with Crippen LogP contribution in [-0.2, 0) is 11.2 Å². The monoisotopic (exact) mass is 370 g/mol. The Morgan fingerprint density at radius 3 is 2.70 bits per heavy atom. The lowest BCUT2D eigenvalue weighted by atomic mass is 9.95. The third kappa shape index (κ3) is 4.69. The van der Waals surface area contributed by atoms with Crippen molar-refractivity contribution >= 4 is 11.8 Å². The number of rotatable bonds is 6. The van der Waals surface area contributed by atoms with Gasteiger partial charge >= 0.3 is 0 Å². The number of amides is 2. The third-order valence-electron chi connectivity index (χ3n) is 4.89. The zero-order valence-electron chi connectivity index (χ0n) is 15.8. The molecule has 2 aromatic rings. The van der Waals surface area contributed by atoms with Crippen molar-refractivity contribution in [2.24, 2.45) is 5.92 Å². The average molecular weight is 370 g/mol. The van der Waals surface area contributed by atoms with Crippen molar-refractivity contribution in [1.82, 2.24) is 30.0 Å². The Morgan fingerprint density at radius 2 is 2.04 bits per heavy atom. The fraction of sp³-hybridized carbons (Fsp3) is 0.526. The third-order valence-corrected chi connectivity index (χ3v) is 4.89. The van der Waals surface area contributed by atoms with Crippen molar-refractivity contribution in [3.8, 4) is 0 Å². The highest BCUT2D eigenvalue weighted by molar-refractivity contribution is 5.92. The van der Waals surface area contributed by atoms with Crippen molar-refractivity contribution < 1.29 is 9.59 Å². The predicted molar refractivity (Wildman–Crippen MR) is 100.0 cm³/mol. The Kier molecular flexibility index (Phi) is 6.16. The fourth-order valence-electron chi connectivity index (χ4n) is 3.31. The smallest absolute Gasteiger partial charge is 0.272 e. The Labute approximate surface area is 159 Å². The van der Waals surface area contributed by atoms with Crippen LogP contribution >= 0.6 is 0 Å². The summed E-state index contributed by atoms with van der Waals surface area (Å²) in [6.07, 6.45) is 5.34. The van der Waals surface area contributed by atoms with Crippen LogP contribution in [0.25, 0.3) is 0 Å². The highest BCUT2D eigenvalue weighted by Gasteiger charge is 2.28.